The van der Waals surface area contributed by atoms with E-state index in [4.69, 9.17) is 4.52 Å². The zero-order valence-corrected chi connectivity index (χ0v) is 8.48. The summed E-state index contributed by atoms with van der Waals surface area (Å²) in [5.74, 6) is 0. The van der Waals surface area contributed by atoms with Gasteiger partial charge >= 0.3 is 0 Å². The predicted octanol–water partition coefficient (Wildman–Crippen LogP) is 0.900. The number of quaternary nitrogens is 1. The molecule has 0 N–H and O–H groups in total. The van der Waals surface area contributed by atoms with Crippen molar-refractivity contribution in [3.63, 3.8) is 0 Å². The fourth-order valence-corrected chi connectivity index (χ4v) is 0.933. The smallest absolute Gasteiger partial charge is 0.102 e. The lowest BCUT2D eigenvalue weighted by atomic mass is 10.5. The van der Waals surface area contributed by atoms with Crippen LogP contribution < -0.4 is 0 Å². The second-order valence-corrected chi connectivity index (χ2v) is 5.26. The minimum atomic E-state index is -0.717. The second kappa shape index (κ2) is 4.17. The highest BCUT2D eigenvalue weighted by molar-refractivity contribution is 7.49. The first-order valence-electron chi connectivity index (χ1n) is 3.50. The van der Waals surface area contributed by atoms with Crippen LogP contribution in [-0.4, -0.2) is 51.7 Å². The summed E-state index contributed by atoms with van der Waals surface area (Å²) in [5, 5.41) is 0. The molecule has 0 bridgehead atoms. The molecule has 0 radical (unpaired) electrons. The molecule has 0 aliphatic rings. The zero-order chi connectivity index (χ0) is 8.20. The van der Waals surface area contributed by atoms with Crippen LogP contribution in [0.1, 0.15) is 0 Å². The maximum absolute atomic E-state index is 5.39. The van der Waals surface area contributed by atoms with Gasteiger partial charge in [0.2, 0.25) is 0 Å². The number of rotatable bonds is 4. The zero-order valence-electron chi connectivity index (χ0n) is 7.48. The van der Waals surface area contributed by atoms with Crippen LogP contribution >= 0.6 is 7.77 Å². The minimum Gasteiger partial charge on any atom is -0.359 e. The molecule has 62 valence electrons. The third-order valence-corrected chi connectivity index (χ3v) is 1.81. The second-order valence-electron chi connectivity index (χ2n) is 3.56. The maximum atomic E-state index is 5.39. The Kier molecular flexibility index (Phi) is 4.26. The van der Waals surface area contributed by atoms with Crippen molar-refractivity contribution in [3.8, 4) is 0 Å². The number of hydrogen-bond acceptors (Lipinski definition) is 1. The summed E-state index contributed by atoms with van der Waals surface area (Å²) < 4.78 is 6.36. The Balaban J connectivity index is 3.29. The number of hydrogen-bond donors (Lipinski definition) is 0. The fourth-order valence-electron chi connectivity index (χ4n) is 0.494. The molecule has 0 aromatic rings. The van der Waals surface area contributed by atoms with Crippen LogP contribution in [0.25, 0.3) is 0 Å². The summed E-state index contributed by atoms with van der Waals surface area (Å²) in [6.45, 7) is 3.97. The van der Waals surface area contributed by atoms with Crippen molar-refractivity contribution in [2.24, 2.45) is 0 Å². The van der Waals surface area contributed by atoms with E-state index < -0.39 is 7.77 Å². The van der Waals surface area contributed by atoms with Crippen molar-refractivity contribution in [2.45, 2.75) is 0 Å². The Morgan fingerprint density at radius 1 is 1.40 bits per heavy atom. The van der Waals surface area contributed by atoms with Crippen LogP contribution in [0.5, 0.6) is 0 Å². The highest BCUT2D eigenvalue weighted by Crippen LogP contribution is 2.13. The molecule has 0 amide bonds. The molecule has 0 heterocycles. The minimum absolute atomic E-state index is 0.717. The van der Waals surface area contributed by atoms with Crippen molar-refractivity contribution in [3.05, 3.63) is 0 Å². The predicted molar refractivity (Wildman–Crippen MR) is 50.2 cm³/mol. The van der Waals surface area contributed by atoms with Gasteiger partial charge in [-0.25, -0.2) is 0 Å². The van der Waals surface area contributed by atoms with Crippen LogP contribution in [0, 0.1) is 0 Å². The lowest BCUT2D eigenvalue weighted by Gasteiger charge is -2.23. The monoisotopic (exact) mass is 164 g/mol. The van der Waals surface area contributed by atoms with Crippen LogP contribution in [0.2, 0.25) is 0 Å². The van der Waals surface area contributed by atoms with E-state index in [1.165, 1.54) is 0 Å². The van der Waals surface area contributed by atoms with Gasteiger partial charge in [-0.15, -0.1) is 0 Å². The first-order chi connectivity index (χ1) is 4.42. The molecule has 0 fully saturated rings. The van der Waals surface area contributed by atoms with Crippen LogP contribution in [0.4, 0.5) is 0 Å². The molecule has 1 atom stereocenters. The van der Waals surface area contributed by atoms with Gasteiger partial charge in [0.15, 0.2) is 0 Å². The van der Waals surface area contributed by atoms with Crippen molar-refractivity contribution in [2.75, 3.05) is 41.0 Å². The lowest BCUT2D eigenvalue weighted by Crippen LogP contribution is -2.37. The van der Waals surface area contributed by atoms with E-state index in [1.807, 2.05) is 0 Å². The molecule has 10 heavy (non-hydrogen) atoms. The van der Waals surface area contributed by atoms with Gasteiger partial charge in [0.1, 0.15) is 6.54 Å². The average molecular weight is 164 g/mol. The normalized spacial score (nSPS) is 15.2. The van der Waals surface area contributed by atoms with E-state index in [2.05, 4.69) is 34.1 Å². The maximum Gasteiger partial charge on any atom is 0.102 e. The van der Waals surface area contributed by atoms with Gasteiger partial charge in [0.25, 0.3) is 0 Å². The Morgan fingerprint density at radius 2 is 1.90 bits per heavy atom. The van der Waals surface area contributed by atoms with E-state index in [1.54, 1.807) is 0 Å². The molecule has 0 aromatic carbocycles. The Hall–Kier alpha value is 0.220. The largest absolute Gasteiger partial charge is 0.359 e. The van der Waals surface area contributed by atoms with Gasteiger partial charge < -0.3 is 9.01 Å². The SMILES string of the molecule is C=[PH](C)OCC[N+](C)(C)C. The molecule has 1 unspecified atom stereocenters. The highest BCUT2D eigenvalue weighted by atomic mass is 31.1. The van der Waals surface area contributed by atoms with Gasteiger partial charge in [-0.05, 0) is 14.4 Å². The quantitative estimate of drug-likeness (QED) is 0.443. The molecule has 0 rings (SSSR count). The Labute approximate surface area is 64.9 Å². The molecule has 2 nitrogen and oxygen atoms in total. The van der Waals surface area contributed by atoms with Gasteiger partial charge in [-0.3, -0.25) is 0 Å². The highest BCUT2D eigenvalue weighted by Gasteiger charge is 2.04. The Bertz CT molecular complexity index is 117. The molecule has 0 spiro atoms. The molecule has 0 saturated heterocycles. The average Bonchev–Trinajstić information content (AvgIpc) is 1.59. The van der Waals surface area contributed by atoms with Gasteiger partial charge in [0.05, 0.1) is 27.7 Å². The molecular weight excluding hydrogens is 145 g/mol. The van der Waals surface area contributed by atoms with Crippen LogP contribution in [0.3, 0.4) is 0 Å². The Morgan fingerprint density at radius 3 is 2.20 bits per heavy atom. The first-order valence-corrected chi connectivity index (χ1v) is 5.62. The van der Waals surface area contributed by atoms with Crippen LogP contribution in [-0.2, 0) is 4.52 Å². The van der Waals surface area contributed by atoms with E-state index >= 15 is 0 Å². The summed E-state index contributed by atoms with van der Waals surface area (Å²) in [5.41, 5.74) is 0. The lowest BCUT2D eigenvalue weighted by molar-refractivity contribution is -0.870. The van der Waals surface area contributed by atoms with Gasteiger partial charge in [-0.2, -0.15) is 0 Å². The first kappa shape index (κ1) is 10.2. The van der Waals surface area contributed by atoms with Crippen molar-refractivity contribution >= 4 is 14.1 Å². The third-order valence-electron chi connectivity index (χ3n) is 1.11. The summed E-state index contributed by atoms with van der Waals surface area (Å²) >= 11 is 0. The summed E-state index contributed by atoms with van der Waals surface area (Å²) in [4.78, 5) is 0. The van der Waals surface area contributed by atoms with E-state index in [0.717, 1.165) is 17.6 Å². The van der Waals surface area contributed by atoms with Crippen LogP contribution in [0.15, 0.2) is 0 Å². The van der Waals surface area contributed by atoms with Gasteiger partial charge in [-0.1, -0.05) is 6.30 Å². The van der Waals surface area contributed by atoms with Crippen molar-refractivity contribution in [1.82, 2.24) is 0 Å². The number of nitrogens with zero attached hydrogens (tertiary/aromatic N) is 1. The van der Waals surface area contributed by atoms with Crippen molar-refractivity contribution < 1.29 is 9.01 Å². The topological polar surface area (TPSA) is 9.23 Å². The molecule has 0 aliphatic heterocycles. The summed E-state index contributed by atoms with van der Waals surface area (Å²) in [6.07, 6.45) is 3.83. The summed E-state index contributed by atoms with van der Waals surface area (Å²) in [6, 6.07) is 0. The molecule has 0 aliphatic carbocycles. The standard InChI is InChI=1S/C7H19NOP/c1-8(2,3)6-7-9-10(4)5/h10H,4,6-7H2,1-3,5H3/q+1. The van der Waals surface area contributed by atoms with E-state index in [0.29, 0.717) is 0 Å². The van der Waals surface area contributed by atoms with E-state index in [9.17, 15) is 0 Å². The third kappa shape index (κ3) is 8.22. The fraction of sp³-hybridized carbons (Fsp3) is 0.857. The van der Waals surface area contributed by atoms with E-state index in [-0.39, 0.29) is 0 Å². The van der Waals surface area contributed by atoms with Gasteiger partial charge in [0, 0.05) is 0 Å². The number of likely N-dealkylation sites (N-methyl/N-ethyl adjacent to an activating group) is 1. The summed E-state index contributed by atoms with van der Waals surface area (Å²) in [7, 11) is 5.77. The molecule has 3 heteroatoms. The molecular formula is C7H19NOP+. The van der Waals surface area contributed by atoms with Crippen molar-refractivity contribution in [1.29, 1.82) is 0 Å². The molecule has 0 aromatic heterocycles. The molecule has 0 saturated carbocycles.